The minimum absolute atomic E-state index is 0.0294. The van der Waals surface area contributed by atoms with Crippen LogP contribution in [-0.2, 0) is 16.6 Å². The van der Waals surface area contributed by atoms with Gasteiger partial charge in [-0.25, -0.2) is 18.1 Å². The van der Waals surface area contributed by atoms with Crippen molar-refractivity contribution >= 4 is 27.4 Å². The second-order valence-corrected chi connectivity index (χ2v) is 6.34. The molecular weight excluding hydrogens is 300 g/mol. The van der Waals surface area contributed by atoms with Crippen LogP contribution in [0.4, 0.5) is 5.82 Å². The molecule has 0 amide bonds. The molecule has 106 valence electrons. The lowest BCUT2D eigenvalue weighted by molar-refractivity contribution is 0.580. The van der Waals surface area contributed by atoms with E-state index < -0.39 is 10.0 Å². The van der Waals surface area contributed by atoms with E-state index in [1.165, 1.54) is 12.3 Å². The zero-order valence-electron chi connectivity index (χ0n) is 10.7. The molecule has 2 heterocycles. The molecule has 2 aromatic heterocycles. The number of rotatable bonds is 4. The molecule has 0 aliphatic rings. The summed E-state index contributed by atoms with van der Waals surface area (Å²) in [7, 11) is -3.69. The van der Waals surface area contributed by atoms with E-state index in [-0.39, 0.29) is 22.3 Å². The predicted octanol–water partition coefficient (Wildman–Crippen LogP) is 1.50. The van der Waals surface area contributed by atoms with Crippen molar-refractivity contribution < 1.29 is 8.42 Å². The Kier molecular flexibility index (Phi) is 4.22. The number of aryl methyl sites for hydroxylation is 1. The molecule has 0 saturated heterocycles. The molecule has 6 nitrogen and oxygen atoms in total. The van der Waals surface area contributed by atoms with Gasteiger partial charge < -0.3 is 5.73 Å². The van der Waals surface area contributed by atoms with Crippen LogP contribution in [0.15, 0.2) is 35.6 Å². The third-order valence-corrected chi connectivity index (χ3v) is 4.43. The van der Waals surface area contributed by atoms with Crippen molar-refractivity contribution in [2.75, 3.05) is 5.73 Å². The van der Waals surface area contributed by atoms with Gasteiger partial charge in [0.1, 0.15) is 10.7 Å². The summed E-state index contributed by atoms with van der Waals surface area (Å²) in [6.07, 6.45) is 4.43. The summed E-state index contributed by atoms with van der Waals surface area (Å²) in [5.41, 5.74) is 7.20. The van der Waals surface area contributed by atoms with E-state index in [1.807, 2.05) is 13.0 Å². The lowest BCUT2D eigenvalue weighted by Gasteiger charge is -2.09. The van der Waals surface area contributed by atoms with Crippen LogP contribution in [0, 0.1) is 6.92 Å². The van der Waals surface area contributed by atoms with E-state index in [0.717, 1.165) is 11.1 Å². The van der Waals surface area contributed by atoms with E-state index in [0.29, 0.717) is 0 Å². The molecule has 20 heavy (non-hydrogen) atoms. The number of aromatic nitrogens is 2. The van der Waals surface area contributed by atoms with E-state index in [9.17, 15) is 8.42 Å². The van der Waals surface area contributed by atoms with Crippen molar-refractivity contribution in [3.63, 3.8) is 0 Å². The van der Waals surface area contributed by atoms with Crippen LogP contribution in [0.1, 0.15) is 11.1 Å². The van der Waals surface area contributed by atoms with Gasteiger partial charge in [0.25, 0.3) is 0 Å². The SMILES string of the molecule is Cc1ccncc1CNS(=O)(=O)c1cnc(N)c(Cl)c1. The van der Waals surface area contributed by atoms with Gasteiger partial charge in [-0.2, -0.15) is 0 Å². The van der Waals surface area contributed by atoms with Gasteiger partial charge in [0.15, 0.2) is 0 Å². The van der Waals surface area contributed by atoms with E-state index >= 15 is 0 Å². The second-order valence-electron chi connectivity index (χ2n) is 4.16. The Labute approximate surface area is 122 Å². The minimum atomic E-state index is -3.69. The molecule has 0 saturated carbocycles. The van der Waals surface area contributed by atoms with Gasteiger partial charge >= 0.3 is 0 Å². The zero-order valence-corrected chi connectivity index (χ0v) is 12.2. The molecule has 0 aliphatic heterocycles. The molecule has 0 aliphatic carbocycles. The number of anilines is 1. The molecule has 0 spiro atoms. The fourth-order valence-corrected chi connectivity index (χ4v) is 2.72. The van der Waals surface area contributed by atoms with Crippen molar-refractivity contribution in [1.82, 2.24) is 14.7 Å². The van der Waals surface area contributed by atoms with Gasteiger partial charge in [0, 0.05) is 25.1 Å². The molecule has 0 atom stereocenters. The molecule has 0 aromatic carbocycles. The number of hydrogen-bond donors (Lipinski definition) is 2. The van der Waals surface area contributed by atoms with E-state index in [4.69, 9.17) is 17.3 Å². The van der Waals surface area contributed by atoms with Crippen molar-refractivity contribution in [2.24, 2.45) is 0 Å². The molecule has 0 bridgehead atoms. The van der Waals surface area contributed by atoms with Crippen LogP contribution < -0.4 is 10.5 Å². The number of hydrogen-bond acceptors (Lipinski definition) is 5. The Hall–Kier alpha value is -1.70. The highest BCUT2D eigenvalue weighted by atomic mass is 35.5. The van der Waals surface area contributed by atoms with Gasteiger partial charge in [-0.05, 0) is 30.2 Å². The van der Waals surface area contributed by atoms with Crippen molar-refractivity contribution in [1.29, 1.82) is 0 Å². The molecule has 8 heteroatoms. The molecule has 2 rings (SSSR count). The lowest BCUT2D eigenvalue weighted by Crippen LogP contribution is -2.24. The Bertz CT molecular complexity index is 734. The fraction of sp³-hybridized carbons (Fsp3) is 0.167. The largest absolute Gasteiger partial charge is 0.382 e. The Morgan fingerprint density at radius 2 is 2.15 bits per heavy atom. The first-order chi connectivity index (χ1) is 9.40. The first kappa shape index (κ1) is 14.7. The number of pyridine rings is 2. The minimum Gasteiger partial charge on any atom is -0.382 e. The summed E-state index contributed by atoms with van der Waals surface area (Å²) < 4.78 is 26.7. The van der Waals surface area contributed by atoms with Gasteiger partial charge in [-0.3, -0.25) is 4.98 Å². The smallest absolute Gasteiger partial charge is 0.242 e. The van der Waals surface area contributed by atoms with Crippen molar-refractivity contribution in [3.05, 3.63) is 46.9 Å². The maximum absolute atomic E-state index is 12.1. The highest BCUT2D eigenvalue weighted by Gasteiger charge is 2.16. The van der Waals surface area contributed by atoms with Crippen LogP contribution in [0.2, 0.25) is 5.02 Å². The zero-order chi connectivity index (χ0) is 14.8. The quantitative estimate of drug-likeness (QED) is 0.891. The maximum Gasteiger partial charge on any atom is 0.242 e. The third kappa shape index (κ3) is 3.24. The summed E-state index contributed by atoms with van der Waals surface area (Å²) in [4.78, 5) is 7.66. The molecule has 0 fully saturated rings. The number of nitrogens with one attached hydrogen (secondary N) is 1. The summed E-state index contributed by atoms with van der Waals surface area (Å²) >= 11 is 5.77. The Morgan fingerprint density at radius 1 is 1.40 bits per heavy atom. The van der Waals surface area contributed by atoms with Crippen LogP contribution in [0.3, 0.4) is 0 Å². The second kappa shape index (κ2) is 5.74. The highest BCUT2D eigenvalue weighted by molar-refractivity contribution is 7.89. The first-order valence-electron chi connectivity index (χ1n) is 5.70. The van der Waals surface area contributed by atoms with Gasteiger partial charge in [-0.1, -0.05) is 11.6 Å². The summed E-state index contributed by atoms with van der Waals surface area (Å²) in [5.74, 6) is 0.0914. The number of nitrogens with zero attached hydrogens (tertiary/aromatic N) is 2. The summed E-state index contributed by atoms with van der Waals surface area (Å²) in [6.45, 7) is 2.02. The lowest BCUT2D eigenvalue weighted by atomic mass is 10.2. The van der Waals surface area contributed by atoms with Crippen LogP contribution >= 0.6 is 11.6 Å². The monoisotopic (exact) mass is 312 g/mol. The average Bonchev–Trinajstić information content (AvgIpc) is 2.41. The third-order valence-electron chi connectivity index (χ3n) is 2.75. The van der Waals surface area contributed by atoms with E-state index in [1.54, 1.807) is 12.4 Å². The van der Waals surface area contributed by atoms with Gasteiger partial charge in [0.05, 0.1) is 5.02 Å². The van der Waals surface area contributed by atoms with Crippen molar-refractivity contribution in [2.45, 2.75) is 18.4 Å². The normalized spacial score (nSPS) is 11.5. The molecule has 3 N–H and O–H groups in total. The number of nitrogens with two attached hydrogens (primary N) is 1. The van der Waals surface area contributed by atoms with Gasteiger partial charge in [0.2, 0.25) is 10.0 Å². The first-order valence-corrected chi connectivity index (χ1v) is 7.56. The molecule has 0 unspecified atom stereocenters. The fourth-order valence-electron chi connectivity index (χ4n) is 1.52. The topological polar surface area (TPSA) is 98.0 Å². The van der Waals surface area contributed by atoms with Crippen LogP contribution in [0.25, 0.3) is 0 Å². The van der Waals surface area contributed by atoms with E-state index in [2.05, 4.69) is 14.7 Å². The maximum atomic E-state index is 12.1. The van der Waals surface area contributed by atoms with Crippen LogP contribution in [0.5, 0.6) is 0 Å². The predicted molar refractivity (Wildman–Crippen MR) is 76.7 cm³/mol. The molecular formula is C12H13ClN4O2S. The van der Waals surface area contributed by atoms with Crippen molar-refractivity contribution in [3.8, 4) is 0 Å². The van der Waals surface area contributed by atoms with Gasteiger partial charge in [-0.15, -0.1) is 0 Å². The number of nitrogen functional groups attached to an aromatic ring is 1. The standard InChI is InChI=1S/C12H13ClN4O2S/c1-8-2-3-15-5-9(8)6-17-20(18,19)10-4-11(13)12(14)16-7-10/h2-5,7,17H,6H2,1H3,(H2,14,16). The Morgan fingerprint density at radius 3 is 2.80 bits per heavy atom. The summed E-state index contributed by atoms with van der Waals surface area (Å²) in [6, 6.07) is 3.08. The summed E-state index contributed by atoms with van der Waals surface area (Å²) in [5, 5.41) is 0.102. The number of halogens is 1. The molecule has 0 radical (unpaired) electrons. The Balaban J connectivity index is 2.19. The van der Waals surface area contributed by atoms with Crippen LogP contribution in [-0.4, -0.2) is 18.4 Å². The highest BCUT2D eigenvalue weighted by Crippen LogP contribution is 2.19. The average molecular weight is 313 g/mol. The molecule has 2 aromatic rings. The number of sulfonamides is 1.